The van der Waals surface area contributed by atoms with Crippen molar-refractivity contribution in [1.82, 2.24) is 20.0 Å². The highest BCUT2D eigenvalue weighted by Crippen LogP contribution is 2.31. The van der Waals surface area contributed by atoms with E-state index in [2.05, 4.69) is 15.2 Å². The summed E-state index contributed by atoms with van der Waals surface area (Å²) in [4.78, 5) is 15.1. The number of carboxylic acid groups (broad SMARTS) is 1. The summed E-state index contributed by atoms with van der Waals surface area (Å²) in [5.41, 5.74) is -1.26. The molecular formula is C10H6ClF3N4O2. The molecular weight excluding hydrogens is 301 g/mol. The molecule has 0 spiro atoms. The first-order chi connectivity index (χ1) is 9.20. The van der Waals surface area contributed by atoms with Crippen molar-refractivity contribution in [2.24, 2.45) is 0 Å². The van der Waals surface area contributed by atoms with Gasteiger partial charge >= 0.3 is 12.1 Å². The van der Waals surface area contributed by atoms with E-state index in [1.54, 1.807) is 0 Å². The van der Waals surface area contributed by atoms with Crippen molar-refractivity contribution >= 4 is 17.6 Å². The number of hydrogen-bond donors (Lipinski definition) is 1. The molecule has 0 fully saturated rings. The lowest BCUT2D eigenvalue weighted by molar-refractivity contribution is -0.137. The van der Waals surface area contributed by atoms with Crippen molar-refractivity contribution in [3.8, 4) is 5.82 Å². The molecule has 2 heterocycles. The van der Waals surface area contributed by atoms with E-state index in [1.807, 2.05) is 0 Å². The topological polar surface area (TPSA) is 80.9 Å². The maximum absolute atomic E-state index is 12.5. The predicted octanol–water partition coefficient (Wildman–Crippen LogP) is 2.34. The van der Waals surface area contributed by atoms with Gasteiger partial charge < -0.3 is 5.11 Å². The summed E-state index contributed by atoms with van der Waals surface area (Å²) in [6.45, 7) is 1.39. The van der Waals surface area contributed by atoms with Crippen molar-refractivity contribution in [2.45, 2.75) is 13.1 Å². The van der Waals surface area contributed by atoms with Crippen molar-refractivity contribution in [3.63, 3.8) is 0 Å². The quantitative estimate of drug-likeness (QED) is 0.921. The van der Waals surface area contributed by atoms with Gasteiger partial charge in [0.25, 0.3) is 0 Å². The molecule has 0 saturated heterocycles. The normalized spacial score (nSPS) is 11.7. The Morgan fingerprint density at radius 3 is 2.50 bits per heavy atom. The Morgan fingerprint density at radius 2 is 2.05 bits per heavy atom. The number of aromatic carboxylic acids is 1. The van der Waals surface area contributed by atoms with Crippen LogP contribution in [-0.4, -0.2) is 31.1 Å². The molecule has 0 radical (unpaired) electrons. The average molecular weight is 307 g/mol. The van der Waals surface area contributed by atoms with Crippen LogP contribution in [0.3, 0.4) is 0 Å². The number of carboxylic acids is 1. The van der Waals surface area contributed by atoms with Gasteiger partial charge in [0.05, 0.1) is 16.3 Å². The van der Waals surface area contributed by atoms with E-state index >= 15 is 0 Å². The van der Waals surface area contributed by atoms with Gasteiger partial charge in [-0.15, -0.1) is 9.90 Å². The highest BCUT2D eigenvalue weighted by molar-refractivity contribution is 6.32. The molecule has 0 aliphatic heterocycles. The molecule has 10 heteroatoms. The van der Waals surface area contributed by atoms with Gasteiger partial charge in [0, 0.05) is 6.20 Å². The van der Waals surface area contributed by atoms with Crippen LogP contribution >= 0.6 is 11.6 Å². The van der Waals surface area contributed by atoms with Gasteiger partial charge in [-0.25, -0.2) is 9.78 Å². The molecule has 2 aromatic rings. The monoisotopic (exact) mass is 306 g/mol. The lowest BCUT2D eigenvalue weighted by atomic mass is 10.3. The number of rotatable bonds is 2. The Balaban J connectivity index is 2.49. The summed E-state index contributed by atoms with van der Waals surface area (Å²) in [5, 5.41) is 15.8. The Morgan fingerprint density at radius 1 is 1.40 bits per heavy atom. The molecule has 0 amide bonds. The van der Waals surface area contributed by atoms with Crippen LogP contribution < -0.4 is 0 Å². The van der Waals surface area contributed by atoms with Crippen LogP contribution in [0.4, 0.5) is 13.2 Å². The molecule has 20 heavy (non-hydrogen) atoms. The molecule has 0 aliphatic carbocycles. The largest absolute Gasteiger partial charge is 0.476 e. The first-order valence-corrected chi connectivity index (χ1v) is 5.48. The Bertz CT molecular complexity index is 684. The Hall–Kier alpha value is -2.16. The van der Waals surface area contributed by atoms with E-state index in [9.17, 15) is 18.0 Å². The van der Waals surface area contributed by atoms with E-state index in [0.717, 1.165) is 4.80 Å². The van der Waals surface area contributed by atoms with E-state index < -0.39 is 17.7 Å². The molecule has 106 valence electrons. The third kappa shape index (κ3) is 2.57. The molecule has 0 aliphatic rings. The number of aromatic nitrogens is 4. The number of halogens is 4. The fourth-order valence-corrected chi connectivity index (χ4v) is 1.65. The smallest absolute Gasteiger partial charge is 0.417 e. The number of pyridine rings is 1. The first kappa shape index (κ1) is 14.3. The molecule has 1 N–H and O–H groups in total. The Labute approximate surface area is 114 Å². The second-order valence-electron chi connectivity index (χ2n) is 3.76. The van der Waals surface area contributed by atoms with Crippen LogP contribution in [0.25, 0.3) is 5.82 Å². The summed E-state index contributed by atoms with van der Waals surface area (Å²) in [6, 6.07) is 0.670. The van der Waals surface area contributed by atoms with E-state index in [0.29, 0.717) is 12.3 Å². The highest BCUT2D eigenvalue weighted by atomic mass is 35.5. The first-order valence-electron chi connectivity index (χ1n) is 5.10. The SMILES string of the molecule is Cc1nn(-c2ncc(C(F)(F)F)cc2Cl)nc1C(=O)O. The van der Waals surface area contributed by atoms with Crippen LogP contribution in [0, 0.1) is 6.92 Å². The number of alkyl halides is 3. The van der Waals surface area contributed by atoms with Gasteiger partial charge in [-0.2, -0.15) is 18.3 Å². The van der Waals surface area contributed by atoms with Crippen molar-refractivity contribution < 1.29 is 23.1 Å². The molecule has 6 nitrogen and oxygen atoms in total. The predicted molar refractivity (Wildman–Crippen MR) is 60.9 cm³/mol. The minimum Gasteiger partial charge on any atom is -0.476 e. The zero-order valence-electron chi connectivity index (χ0n) is 9.81. The zero-order chi connectivity index (χ0) is 15.1. The van der Waals surface area contributed by atoms with Gasteiger partial charge in [-0.3, -0.25) is 0 Å². The second-order valence-corrected chi connectivity index (χ2v) is 4.16. The summed E-state index contributed by atoms with van der Waals surface area (Å²) < 4.78 is 37.4. The van der Waals surface area contributed by atoms with Crippen molar-refractivity contribution in [1.29, 1.82) is 0 Å². The van der Waals surface area contributed by atoms with Crippen LogP contribution in [-0.2, 0) is 6.18 Å². The number of carbonyl (C=O) groups is 1. The Kier molecular flexibility index (Phi) is 3.38. The molecule has 0 bridgehead atoms. The van der Waals surface area contributed by atoms with Crippen LogP contribution in [0.2, 0.25) is 5.02 Å². The fraction of sp³-hybridized carbons (Fsp3) is 0.200. The van der Waals surface area contributed by atoms with Gasteiger partial charge in [0.15, 0.2) is 11.5 Å². The van der Waals surface area contributed by atoms with Gasteiger partial charge in [-0.1, -0.05) is 11.6 Å². The lowest BCUT2D eigenvalue weighted by Gasteiger charge is -2.08. The second kappa shape index (κ2) is 4.75. The van der Waals surface area contributed by atoms with Crippen LogP contribution in [0.1, 0.15) is 21.7 Å². The number of aryl methyl sites for hydroxylation is 1. The van der Waals surface area contributed by atoms with Crippen molar-refractivity contribution in [2.75, 3.05) is 0 Å². The molecule has 0 atom stereocenters. The third-order valence-corrected chi connectivity index (χ3v) is 2.60. The van der Waals surface area contributed by atoms with Crippen molar-refractivity contribution in [3.05, 3.63) is 34.2 Å². The fourth-order valence-electron chi connectivity index (χ4n) is 1.40. The minimum absolute atomic E-state index is 0.0928. The molecule has 2 rings (SSSR count). The summed E-state index contributed by atoms with van der Waals surface area (Å²) in [7, 11) is 0. The molecule has 0 aromatic carbocycles. The lowest BCUT2D eigenvalue weighted by Crippen LogP contribution is -2.09. The summed E-state index contributed by atoms with van der Waals surface area (Å²) in [5.74, 6) is -1.49. The maximum Gasteiger partial charge on any atom is 0.417 e. The molecule has 2 aromatic heterocycles. The zero-order valence-corrected chi connectivity index (χ0v) is 10.6. The standard InChI is InChI=1S/C10H6ClF3N4O2/c1-4-7(9(19)20)17-18(16-4)8-6(11)2-5(3-15-8)10(12,13)14/h2-3H,1H3,(H,19,20). The van der Waals surface area contributed by atoms with E-state index in [1.165, 1.54) is 6.92 Å². The third-order valence-electron chi connectivity index (χ3n) is 2.32. The minimum atomic E-state index is -4.57. The van der Waals surface area contributed by atoms with Gasteiger partial charge in [0.2, 0.25) is 0 Å². The summed E-state index contributed by atoms with van der Waals surface area (Å²) >= 11 is 5.70. The van der Waals surface area contributed by atoms with E-state index in [4.69, 9.17) is 16.7 Å². The maximum atomic E-state index is 12.5. The number of hydrogen-bond acceptors (Lipinski definition) is 4. The van der Waals surface area contributed by atoms with Gasteiger partial charge in [-0.05, 0) is 13.0 Å². The summed E-state index contributed by atoms with van der Waals surface area (Å²) in [6.07, 6.45) is -4.00. The van der Waals surface area contributed by atoms with E-state index in [-0.39, 0.29) is 22.2 Å². The highest BCUT2D eigenvalue weighted by Gasteiger charge is 2.32. The van der Waals surface area contributed by atoms with Gasteiger partial charge in [0.1, 0.15) is 0 Å². The average Bonchev–Trinajstić information content (AvgIpc) is 2.69. The molecule has 0 saturated carbocycles. The van der Waals surface area contributed by atoms with Crippen LogP contribution in [0.5, 0.6) is 0 Å². The van der Waals surface area contributed by atoms with Crippen LogP contribution in [0.15, 0.2) is 12.3 Å². The molecule has 0 unspecified atom stereocenters. The number of nitrogens with zero attached hydrogens (tertiary/aromatic N) is 4.